The van der Waals surface area contributed by atoms with Gasteiger partial charge in [-0.05, 0) is 24.7 Å². The summed E-state index contributed by atoms with van der Waals surface area (Å²) in [6.45, 7) is 7.82. The van der Waals surface area contributed by atoms with Crippen LogP contribution in [0.15, 0.2) is 12.1 Å². The van der Waals surface area contributed by atoms with E-state index < -0.39 is 19.3 Å². The lowest BCUT2D eigenvalue weighted by molar-refractivity contribution is -0.131. The summed E-state index contributed by atoms with van der Waals surface area (Å²) in [4.78, 5) is 25.2. The zero-order valence-electron chi connectivity index (χ0n) is 18.7. The Balaban J connectivity index is 3.06. The van der Waals surface area contributed by atoms with Gasteiger partial charge in [-0.1, -0.05) is 27.7 Å². The van der Waals surface area contributed by atoms with Gasteiger partial charge in [0.1, 0.15) is 12.3 Å². The van der Waals surface area contributed by atoms with Crippen LogP contribution in [0.2, 0.25) is 0 Å². The maximum atomic E-state index is 13.4. The van der Waals surface area contributed by atoms with Crippen LogP contribution in [0, 0.1) is 17.8 Å². The highest BCUT2D eigenvalue weighted by Gasteiger charge is 2.34. The number of carbonyl (C=O) groups is 2. The third-order valence-electron chi connectivity index (χ3n) is 4.84. The number of nitrogens with one attached hydrogen (secondary N) is 2. The number of amides is 2. The molecular weight excluding hydrogens is 409 g/mol. The monoisotopic (exact) mass is 445 g/mol. The van der Waals surface area contributed by atoms with Crippen LogP contribution in [0.3, 0.4) is 0 Å². The van der Waals surface area contributed by atoms with Crippen molar-refractivity contribution in [2.45, 2.75) is 52.9 Å². The van der Waals surface area contributed by atoms with Gasteiger partial charge in [0.2, 0.25) is 19.2 Å². The van der Waals surface area contributed by atoms with Crippen LogP contribution in [0.5, 0.6) is 11.8 Å². The van der Waals surface area contributed by atoms with Crippen molar-refractivity contribution in [2.75, 3.05) is 20.3 Å². The summed E-state index contributed by atoms with van der Waals surface area (Å²) >= 11 is 0. The Morgan fingerprint density at radius 2 is 1.60 bits per heavy atom. The molecule has 10 heteroatoms. The van der Waals surface area contributed by atoms with E-state index in [1.165, 1.54) is 26.3 Å². The average Bonchev–Trinajstić information content (AvgIpc) is 2.97. The Bertz CT molecular complexity index is 742. The summed E-state index contributed by atoms with van der Waals surface area (Å²) in [6.07, 6.45) is 0.589. The number of nitrogens with zero attached hydrogens (tertiary/aromatic N) is 1. The summed E-state index contributed by atoms with van der Waals surface area (Å²) in [5.74, 6) is -1.45. The minimum Gasteiger partial charge on any atom is -0.494 e. The lowest BCUT2D eigenvalue weighted by Crippen LogP contribution is -2.49. The standard InChI is InChI=1S/C20H36N3O6P/c1-13(2)9-15(19(26)22-16(10-14(3)4)20(27)21-5)11-30(28,29-6)12-23-17(24)7-8-18(23)25/h7-8,13-16,24-25H,9-12H2,1-6H3,(H,21,27)(H,22,26)/t15?,16-,30?/m0/s1. The van der Waals surface area contributed by atoms with Crippen molar-refractivity contribution in [2.24, 2.45) is 17.8 Å². The fourth-order valence-electron chi connectivity index (χ4n) is 3.33. The van der Waals surface area contributed by atoms with Gasteiger partial charge >= 0.3 is 0 Å². The van der Waals surface area contributed by atoms with Crippen LogP contribution in [0.1, 0.15) is 40.5 Å². The molecule has 0 radical (unpaired) electrons. The molecular formula is C20H36N3O6P. The molecule has 2 amide bonds. The Kier molecular flexibility index (Phi) is 9.91. The van der Waals surface area contributed by atoms with Crippen LogP contribution in [-0.4, -0.2) is 53.0 Å². The van der Waals surface area contributed by atoms with Gasteiger partial charge in [0.25, 0.3) is 0 Å². The molecule has 1 heterocycles. The number of carbonyl (C=O) groups excluding carboxylic acids is 2. The molecule has 1 aromatic heterocycles. The zero-order chi connectivity index (χ0) is 23.1. The summed E-state index contributed by atoms with van der Waals surface area (Å²) in [7, 11) is -0.626. The normalized spacial score (nSPS) is 15.6. The van der Waals surface area contributed by atoms with Gasteiger partial charge in [0.15, 0.2) is 11.8 Å². The molecule has 2 unspecified atom stereocenters. The van der Waals surface area contributed by atoms with Crippen molar-refractivity contribution in [1.29, 1.82) is 0 Å². The van der Waals surface area contributed by atoms with E-state index in [9.17, 15) is 24.4 Å². The quantitative estimate of drug-likeness (QED) is 0.366. The SMILES string of the molecule is CNC(=O)[C@H](CC(C)C)NC(=O)C(CC(C)C)CP(=O)(Cn1c(O)ccc1O)OC. The van der Waals surface area contributed by atoms with E-state index in [4.69, 9.17) is 4.52 Å². The molecule has 1 rings (SSSR count). The van der Waals surface area contributed by atoms with Crippen molar-refractivity contribution < 1.29 is 28.9 Å². The second kappa shape index (κ2) is 11.4. The molecule has 0 saturated carbocycles. The van der Waals surface area contributed by atoms with Gasteiger partial charge < -0.3 is 25.4 Å². The molecule has 0 aromatic carbocycles. The Hall–Kier alpha value is -1.99. The molecule has 0 aliphatic heterocycles. The van der Waals surface area contributed by atoms with Crippen molar-refractivity contribution >= 4 is 19.2 Å². The van der Waals surface area contributed by atoms with E-state index in [1.807, 2.05) is 27.7 Å². The van der Waals surface area contributed by atoms with Crippen LogP contribution < -0.4 is 10.6 Å². The van der Waals surface area contributed by atoms with Crippen LogP contribution >= 0.6 is 7.37 Å². The summed E-state index contributed by atoms with van der Waals surface area (Å²) in [5, 5.41) is 25.1. The van der Waals surface area contributed by atoms with Crippen molar-refractivity contribution in [3.05, 3.63) is 12.1 Å². The van der Waals surface area contributed by atoms with E-state index in [0.29, 0.717) is 12.8 Å². The van der Waals surface area contributed by atoms with Gasteiger partial charge in [-0.3, -0.25) is 18.7 Å². The number of hydrogen-bond acceptors (Lipinski definition) is 6. The average molecular weight is 445 g/mol. The van der Waals surface area contributed by atoms with Crippen LogP contribution in [0.4, 0.5) is 0 Å². The van der Waals surface area contributed by atoms with Gasteiger partial charge in [0.05, 0.1) is 0 Å². The molecule has 30 heavy (non-hydrogen) atoms. The molecule has 0 fully saturated rings. The first-order valence-electron chi connectivity index (χ1n) is 10.2. The van der Waals surface area contributed by atoms with E-state index in [-0.39, 0.29) is 47.9 Å². The summed E-state index contributed by atoms with van der Waals surface area (Å²) < 4.78 is 19.7. The molecule has 172 valence electrons. The second-order valence-corrected chi connectivity index (χ2v) is 11.1. The molecule has 3 atom stereocenters. The number of aromatic nitrogens is 1. The van der Waals surface area contributed by atoms with Crippen molar-refractivity contribution in [3.63, 3.8) is 0 Å². The van der Waals surface area contributed by atoms with E-state index in [2.05, 4.69) is 10.6 Å². The predicted octanol–water partition coefficient (Wildman–Crippen LogP) is 2.72. The highest BCUT2D eigenvalue weighted by Crippen LogP contribution is 2.51. The number of rotatable bonds is 12. The maximum absolute atomic E-state index is 13.4. The third-order valence-corrected chi connectivity index (χ3v) is 7.21. The third kappa shape index (κ3) is 7.69. The lowest BCUT2D eigenvalue weighted by atomic mass is 9.96. The fraction of sp³-hybridized carbons (Fsp3) is 0.700. The van der Waals surface area contributed by atoms with Gasteiger partial charge in [-0.2, -0.15) is 0 Å². The van der Waals surface area contributed by atoms with E-state index >= 15 is 0 Å². The van der Waals surface area contributed by atoms with Crippen molar-refractivity contribution in [3.8, 4) is 11.8 Å². The van der Waals surface area contributed by atoms with E-state index in [1.54, 1.807) is 0 Å². The van der Waals surface area contributed by atoms with Gasteiger partial charge in [-0.25, -0.2) is 0 Å². The molecule has 0 aliphatic carbocycles. The molecule has 4 N–H and O–H groups in total. The minimum absolute atomic E-state index is 0.0767. The first-order chi connectivity index (χ1) is 13.9. The molecule has 1 aromatic rings. The largest absolute Gasteiger partial charge is 0.494 e. The number of likely N-dealkylation sites (N-methyl/N-ethyl adjacent to an activating group) is 1. The smallest absolute Gasteiger partial charge is 0.242 e. The van der Waals surface area contributed by atoms with Crippen LogP contribution in [-0.2, 0) is 25.0 Å². The number of hydrogen-bond donors (Lipinski definition) is 4. The van der Waals surface area contributed by atoms with Crippen LogP contribution in [0.25, 0.3) is 0 Å². The Morgan fingerprint density at radius 1 is 1.07 bits per heavy atom. The second-order valence-electron chi connectivity index (χ2n) is 8.43. The van der Waals surface area contributed by atoms with Gasteiger partial charge in [-0.15, -0.1) is 0 Å². The topological polar surface area (TPSA) is 130 Å². The first kappa shape index (κ1) is 26.0. The van der Waals surface area contributed by atoms with E-state index in [0.717, 1.165) is 4.57 Å². The number of aromatic hydroxyl groups is 2. The highest BCUT2D eigenvalue weighted by atomic mass is 31.2. The summed E-state index contributed by atoms with van der Waals surface area (Å²) in [5.41, 5.74) is 0. The molecule has 9 nitrogen and oxygen atoms in total. The zero-order valence-corrected chi connectivity index (χ0v) is 19.6. The molecule has 0 aliphatic rings. The first-order valence-corrected chi connectivity index (χ1v) is 12.1. The van der Waals surface area contributed by atoms with Crippen molar-refractivity contribution in [1.82, 2.24) is 15.2 Å². The minimum atomic E-state index is -3.43. The summed E-state index contributed by atoms with van der Waals surface area (Å²) in [6, 6.07) is 1.89. The fourth-order valence-corrected chi connectivity index (χ4v) is 5.42. The van der Waals surface area contributed by atoms with Gasteiger partial charge in [0, 0.05) is 38.4 Å². The molecule has 0 spiro atoms. The Morgan fingerprint density at radius 3 is 2.03 bits per heavy atom. The maximum Gasteiger partial charge on any atom is 0.242 e. The molecule has 0 saturated heterocycles. The molecule has 0 bridgehead atoms. The predicted molar refractivity (Wildman–Crippen MR) is 116 cm³/mol. The Labute approximate surface area is 178 Å². The lowest BCUT2D eigenvalue weighted by Gasteiger charge is -2.27. The highest BCUT2D eigenvalue weighted by molar-refractivity contribution is 7.57.